The van der Waals surface area contributed by atoms with Crippen LogP contribution in [0.5, 0.6) is 0 Å². The van der Waals surface area contributed by atoms with Crippen molar-refractivity contribution in [3.05, 3.63) is 29.3 Å². The fourth-order valence-electron chi connectivity index (χ4n) is 3.05. The molecule has 1 saturated carbocycles. The molecule has 1 aromatic carbocycles. The second kappa shape index (κ2) is 9.52. The van der Waals surface area contributed by atoms with E-state index in [-0.39, 0.29) is 24.5 Å². The van der Waals surface area contributed by atoms with Crippen LogP contribution < -0.4 is 5.32 Å². The van der Waals surface area contributed by atoms with Crippen molar-refractivity contribution in [3.63, 3.8) is 0 Å². The summed E-state index contributed by atoms with van der Waals surface area (Å²) >= 11 is 5.97. The minimum absolute atomic E-state index is 0.173. The Hall–Kier alpha value is -1.75. The molecule has 1 aliphatic carbocycles. The molecule has 0 radical (unpaired) electrons. The van der Waals surface area contributed by atoms with Gasteiger partial charge in [-0.15, -0.1) is 0 Å². The van der Waals surface area contributed by atoms with Crippen LogP contribution in [0.2, 0.25) is 5.02 Å². The lowest BCUT2D eigenvalue weighted by atomic mass is 9.94. The molecule has 0 saturated heterocycles. The van der Waals surface area contributed by atoms with Crippen molar-refractivity contribution in [1.82, 2.24) is 4.90 Å². The highest BCUT2D eigenvalue weighted by molar-refractivity contribution is 6.30. The molecular formula is C18H25ClN2O3. The summed E-state index contributed by atoms with van der Waals surface area (Å²) in [6.07, 6.45) is 5.61. The Labute approximate surface area is 148 Å². The Morgan fingerprint density at radius 2 is 2.04 bits per heavy atom. The summed E-state index contributed by atoms with van der Waals surface area (Å²) in [7, 11) is 0. The molecule has 1 aliphatic rings. The molecule has 0 aliphatic heterocycles. The second-order valence-corrected chi connectivity index (χ2v) is 6.42. The molecule has 1 fully saturated rings. The maximum absolute atomic E-state index is 12.7. The summed E-state index contributed by atoms with van der Waals surface area (Å²) in [6.45, 7) is 2.51. The Morgan fingerprint density at radius 1 is 1.29 bits per heavy atom. The molecule has 0 atom stereocenters. The van der Waals surface area contributed by atoms with Crippen LogP contribution in [0.25, 0.3) is 0 Å². The van der Waals surface area contributed by atoms with E-state index >= 15 is 0 Å². The quantitative estimate of drug-likeness (QED) is 0.769. The van der Waals surface area contributed by atoms with Crippen LogP contribution in [-0.4, -0.2) is 36.1 Å². The van der Waals surface area contributed by atoms with Crippen molar-refractivity contribution >= 4 is 29.3 Å². The second-order valence-electron chi connectivity index (χ2n) is 5.98. The van der Waals surface area contributed by atoms with Gasteiger partial charge in [-0.05, 0) is 38.0 Å². The van der Waals surface area contributed by atoms with E-state index in [0.717, 1.165) is 25.7 Å². The van der Waals surface area contributed by atoms with Crippen molar-refractivity contribution < 1.29 is 14.3 Å². The van der Waals surface area contributed by atoms with E-state index < -0.39 is 0 Å². The summed E-state index contributed by atoms with van der Waals surface area (Å²) in [5.41, 5.74) is 0.657. The molecule has 5 nitrogen and oxygen atoms in total. The van der Waals surface area contributed by atoms with Crippen molar-refractivity contribution in [1.29, 1.82) is 0 Å². The van der Waals surface area contributed by atoms with Crippen molar-refractivity contribution in [2.45, 2.75) is 51.5 Å². The Morgan fingerprint density at radius 3 is 2.71 bits per heavy atom. The lowest BCUT2D eigenvalue weighted by molar-refractivity contribution is -0.143. The third kappa shape index (κ3) is 5.71. The lowest BCUT2D eigenvalue weighted by Crippen LogP contribution is -2.45. The van der Waals surface area contributed by atoms with Gasteiger partial charge in [0.2, 0.25) is 0 Å². The average Bonchev–Trinajstić information content (AvgIpc) is 2.56. The number of anilines is 1. The number of esters is 1. The van der Waals surface area contributed by atoms with Gasteiger partial charge in [0.15, 0.2) is 0 Å². The van der Waals surface area contributed by atoms with Gasteiger partial charge >= 0.3 is 12.0 Å². The number of halogens is 1. The number of hydrogen-bond acceptors (Lipinski definition) is 3. The number of carbonyl (C=O) groups is 2. The normalized spacial score (nSPS) is 14.9. The van der Waals surface area contributed by atoms with Gasteiger partial charge in [-0.25, -0.2) is 4.79 Å². The van der Waals surface area contributed by atoms with Crippen molar-refractivity contribution in [2.24, 2.45) is 0 Å². The highest BCUT2D eigenvalue weighted by Crippen LogP contribution is 2.24. The SMILES string of the molecule is CCOC(=O)CCN(C(=O)Nc1cccc(Cl)c1)C1CCCCC1. The molecular weight excluding hydrogens is 328 g/mol. The minimum Gasteiger partial charge on any atom is -0.466 e. The van der Waals surface area contributed by atoms with Crippen molar-refractivity contribution in [2.75, 3.05) is 18.5 Å². The van der Waals surface area contributed by atoms with E-state index in [4.69, 9.17) is 16.3 Å². The maximum atomic E-state index is 12.7. The van der Waals surface area contributed by atoms with Crippen LogP contribution in [0.3, 0.4) is 0 Å². The molecule has 1 N–H and O–H groups in total. The molecule has 0 spiro atoms. The zero-order valence-electron chi connectivity index (χ0n) is 14.1. The van der Waals surface area contributed by atoms with Gasteiger partial charge in [-0.2, -0.15) is 0 Å². The number of ether oxygens (including phenoxy) is 1. The molecule has 132 valence electrons. The molecule has 0 heterocycles. The Balaban J connectivity index is 2.02. The standard InChI is InChI=1S/C18H25ClN2O3/c1-2-24-17(22)11-12-21(16-9-4-3-5-10-16)18(23)20-15-8-6-7-14(19)13-15/h6-8,13,16H,2-5,9-12H2,1H3,(H,20,23). The molecule has 0 bridgehead atoms. The van der Waals surface area contributed by atoms with E-state index in [1.807, 2.05) is 0 Å². The Kier molecular flexibility index (Phi) is 7.37. The number of hydrogen-bond donors (Lipinski definition) is 1. The largest absolute Gasteiger partial charge is 0.466 e. The highest BCUT2D eigenvalue weighted by atomic mass is 35.5. The van der Waals surface area contributed by atoms with Gasteiger partial charge in [-0.1, -0.05) is 36.9 Å². The smallest absolute Gasteiger partial charge is 0.322 e. The van der Waals surface area contributed by atoms with Gasteiger partial charge in [0, 0.05) is 23.3 Å². The minimum atomic E-state index is -0.270. The molecule has 1 aromatic rings. The molecule has 2 amide bonds. The first-order valence-electron chi connectivity index (χ1n) is 8.59. The molecule has 6 heteroatoms. The van der Waals surface area contributed by atoms with Gasteiger partial charge in [0.05, 0.1) is 13.0 Å². The number of nitrogens with zero attached hydrogens (tertiary/aromatic N) is 1. The number of benzene rings is 1. The predicted molar refractivity (Wildman–Crippen MR) is 95.3 cm³/mol. The van der Waals surface area contributed by atoms with Gasteiger partial charge in [0.1, 0.15) is 0 Å². The zero-order valence-corrected chi connectivity index (χ0v) is 14.8. The number of rotatable bonds is 6. The number of carbonyl (C=O) groups excluding carboxylic acids is 2. The van der Waals surface area contributed by atoms with Gasteiger partial charge in [-0.3, -0.25) is 4.79 Å². The molecule has 0 unspecified atom stereocenters. The van der Waals surface area contributed by atoms with Crippen molar-refractivity contribution in [3.8, 4) is 0 Å². The number of amides is 2. The fourth-order valence-corrected chi connectivity index (χ4v) is 3.24. The predicted octanol–water partition coefficient (Wildman–Crippen LogP) is 4.46. The topological polar surface area (TPSA) is 58.6 Å². The van der Waals surface area contributed by atoms with E-state index in [2.05, 4.69) is 5.32 Å². The third-order valence-corrected chi connectivity index (χ3v) is 4.45. The van der Waals surface area contributed by atoms with E-state index in [1.165, 1.54) is 6.42 Å². The van der Waals surface area contributed by atoms with Crippen LogP contribution in [0, 0.1) is 0 Å². The number of nitrogens with one attached hydrogen (secondary N) is 1. The number of urea groups is 1. The molecule has 24 heavy (non-hydrogen) atoms. The van der Waals surface area contributed by atoms with Gasteiger partial charge in [0.25, 0.3) is 0 Å². The van der Waals surface area contributed by atoms with Crippen LogP contribution in [0.1, 0.15) is 45.4 Å². The van der Waals surface area contributed by atoms with Crippen LogP contribution >= 0.6 is 11.6 Å². The first-order valence-corrected chi connectivity index (χ1v) is 8.96. The van der Waals surface area contributed by atoms with Crippen LogP contribution in [0.4, 0.5) is 10.5 Å². The first kappa shape index (κ1) is 18.6. The van der Waals surface area contributed by atoms with E-state index in [0.29, 0.717) is 23.9 Å². The van der Waals surface area contributed by atoms with E-state index in [1.54, 1.807) is 36.1 Å². The van der Waals surface area contributed by atoms with Crippen LogP contribution in [0.15, 0.2) is 24.3 Å². The maximum Gasteiger partial charge on any atom is 0.322 e. The summed E-state index contributed by atoms with van der Waals surface area (Å²) in [5, 5.41) is 3.46. The first-order chi connectivity index (χ1) is 11.6. The lowest BCUT2D eigenvalue weighted by Gasteiger charge is -2.34. The van der Waals surface area contributed by atoms with Gasteiger partial charge < -0.3 is 15.0 Å². The monoisotopic (exact) mass is 352 g/mol. The average molecular weight is 353 g/mol. The third-order valence-electron chi connectivity index (χ3n) is 4.21. The Bertz CT molecular complexity index is 559. The van der Waals surface area contributed by atoms with Crippen LogP contribution in [-0.2, 0) is 9.53 Å². The molecule has 2 rings (SSSR count). The van der Waals surface area contributed by atoms with E-state index in [9.17, 15) is 9.59 Å². The summed E-state index contributed by atoms with van der Waals surface area (Å²) in [4.78, 5) is 26.1. The zero-order chi connectivity index (χ0) is 17.4. The summed E-state index contributed by atoms with van der Waals surface area (Å²) < 4.78 is 4.98. The highest BCUT2D eigenvalue weighted by Gasteiger charge is 2.26. The summed E-state index contributed by atoms with van der Waals surface area (Å²) in [6, 6.07) is 7.05. The fraction of sp³-hybridized carbons (Fsp3) is 0.556. The molecule has 0 aromatic heterocycles. The summed E-state index contributed by atoms with van der Waals surface area (Å²) in [5.74, 6) is -0.270.